The third-order valence-electron chi connectivity index (χ3n) is 2.92. The zero-order chi connectivity index (χ0) is 15.3. The van der Waals surface area contributed by atoms with Gasteiger partial charge in [-0.1, -0.05) is 32.9 Å². The van der Waals surface area contributed by atoms with Gasteiger partial charge in [0, 0.05) is 12.1 Å². The Morgan fingerprint density at radius 2 is 1.85 bits per heavy atom. The van der Waals surface area contributed by atoms with Crippen LogP contribution in [-0.4, -0.2) is 0 Å². The van der Waals surface area contributed by atoms with Crippen molar-refractivity contribution in [3.8, 4) is 0 Å². The molecular formula is C15H19FN2O2. The van der Waals surface area contributed by atoms with Crippen molar-refractivity contribution in [1.29, 1.82) is 0 Å². The van der Waals surface area contributed by atoms with Crippen LogP contribution in [0, 0.1) is 5.82 Å². The van der Waals surface area contributed by atoms with Gasteiger partial charge in [-0.2, -0.15) is 0 Å². The van der Waals surface area contributed by atoms with E-state index < -0.39 is 10.9 Å². The minimum atomic E-state index is -0.680. The number of rotatable bonds is 4. The van der Waals surface area contributed by atoms with E-state index in [4.69, 9.17) is 5.73 Å². The molecule has 0 atom stereocenters. The van der Waals surface area contributed by atoms with Crippen LogP contribution in [0.2, 0.25) is 0 Å². The van der Waals surface area contributed by atoms with Gasteiger partial charge in [-0.15, -0.1) is 0 Å². The fraction of sp³-hybridized carbons (Fsp3) is 0.333. The van der Waals surface area contributed by atoms with Gasteiger partial charge >= 0.3 is 0 Å². The molecule has 3 N–H and O–H groups in total. The number of hydrogen-bond acceptors (Lipinski definition) is 4. The first-order valence-corrected chi connectivity index (χ1v) is 6.64. The number of nitrogens with one attached hydrogen (secondary N) is 1. The maximum Gasteiger partial charge on any atom is 0.253 e. The molecule has 0 aliphatic rings. The number of anilines is 2. The Labute approximate surface area is 117 Å². The highest BCUT2D eigenvalue weighted by Crippen LogP contribution is 2.15. The second-order valence-electron chi connectivity index (χ2n) is 4.08. The van der Waals surface area contributed by atoms with Gasteiger partial charge in [-0.3, -0.25) is 9.59 Å². The molecule has 108 valence electrons. The van der Waals surface area contributed by atoms with Crippen LogP contribution < -0.4 is 21.9 Å². The largest absolute Gasteiger partial charge is 0.394 e. The lowest BCUT2D eigenvalue weighted by atomic mass is 10.1. The number of hydrogen-bond donors (Lipinski definition) is 2. The van der Waals surface area contributed by atoms with E-state index in [1.807, 2.05) is 20.8 Å². The smallest absolute Gasteiger partial charge is 0.253 e. The van der Waals surface area contributed by atoms with E-state index >= 15 is 0 Å². The Kier molecular flexibility index (Phi) is 5.43. The van der Waals surface area contributed by atoms with E-state index in [2.05, 4.69) is 5.32 Å². The highest BCUT2D eigenvalue weighted by Gasteiger charge is 2.17. The van der Waals surface area contributed by atoms with Crippen molar-refractivity contribution >= 4 is 11.4 Å². The SMILES string of the molecule is CC.CCc1ccc(F)c(CNc2c(N)c(=O)c2=O)c1. The van der Waals surface area contributed by atoms with Crippen molar-refractivity contribution in [2.75, 3.05) is 11.1 Å². The summed E-state index contributed by atoms with van der Waals surface area (Å²) in [7, 11) is 0. The van der Waals surface area contributed by atoms with Crippen LogP contribution in [0.3, 0.4) is 0 Å². The van der Waals surface area contributed by atoms with E-state index in [0.717, 1.165) is 12.0 Å². The van der Waals surface area contributed by atoms with Gasteiger partial charge < -0.3 is 11.1 Å². The predicted molar refractivity (Wildman–Crippen MR) is 80.2 cm³/mol. The van der Waals surface area contributed by atoms with Crippen LogP contribution in [0.15, 0.2) is 27.8 Å². The van der Waals surface area contributed by atoms with E-state index in [0.29, 0.717) is 5.56 Å². The second kappa shape index (κ2) is 6.84. The monoisotopic (exact) mass is 278 g/mol. The van der Waals surface area contributed by atoms with E-state index in [1.165, 1.54) is 6.07 Å². The van der Waals surface area contributed by atoms with Gasteiger partial charge in [0.15, 0.2) is 0 Å². The number of aryl methyl sites for hydroxylation is 1. The maximum atomic E-state index is 13.5. The minimum absolute atomic E-state index is 0.0768. The summed E-state index contributed by atoms with van der Waals surface area (Å²) in [4.78, 5) is 22.1. The first-order chi connectivity index (χ1) is 9.54. The van der Waals surface area contributed by atoms with Gasteiger partial charge in [-0.25, -0.2) is 4.39 Å². The van der Waals surface area contributed by atoms with Crippen LogP contribution in [0.4, 0.5) is 15.8 Å². The fourth-order valence-corrected chi connectivity index (χ4v) is 1.75. The van der Waals surface area contributed by atoms with Crippen LogP contribution in [0.25, 0.3) is 0 Å². The molecule has 5 heteroatoms. The average molecular weight is 278 g/mol. The zero-order valence-electron chi connectivity index (χ0n) is 11.9. The number of nitrogens with two attached hydrogens (primary N) is 1. The van der Waals surface area contributed by atoms with Crippen LogP contribution in [0.1, 0.15) is 31.9 Å². The molecule has 0 saturated heterocycles. The molecule has 0 bridgehead atoms. The summed E-state index contributed by atoms with van der Waals surface area (Å²) in [5, 5.41) is 2.70. The highest BCUT2D eigenvalue weighted by atomic mass is 19.1. The Balaban J connectivity index is 0.000000956. The Morgan fingerprint density at radius 3 is 2.40 bits per heavy atom. The van der Waals surface area contributed by atoms with Gasteiger partial charge in [0.25, 0.3) is 10.9 Å². The molecule has 4 nitrogen and oxygen atoms in total. The molecule has 2 aromatic carbocycles. The van der Waals surface area contributed by atoms with Crippen LogP contribution in [0.5, 0.6) is 0 Å². The highest BCUT2D eigenvalue weighted by molar-refractivity contribution is 5.71. The van der Waals surface area contributed by atoms with E-state index in [-0.39, 0.29) is 23.7 Å². The second-order valence-corrected chi connectivity index (χ2v) is 4.08. The van der Waals surface area contributed by atoms with Crippen LogP contribution >= 0.6 is 0 Å². The molecule has 0 heterocycles. The molecular weight excluding hydrogens is 259 g/mol. The molecule has 2 rings (SSSR count). The number of halogens is 1. The molecule has 20 heavy (non-hydrogen) atoms. The van der Waals surface area contributed by atoms with Crippen molar-refractivity contribution in [3.05, 3.63) is 55.6 Å². The predicted octanol–water partition coefficient (Wildman–Crippen LogP) is 2.20. The summed E-state index contributed by atoms with van der Waals surface area (Å²) >= 11 is 0. The first-order valence-electron chi connectivity index (χ1n) is 6.64. The molecule has 0 fully saturated rings. The molecule has 0 aromatic heterocycles. The summed E-state index contributed by atoms with van der Waals surface area (Å²) in [5.41, 5.74) is 5.51. The maximum absolute atomic E-state index is 13.5. The standard InChI is InChI=1S/C13H13FN2O2.C2H6/c1-2-7-3-4-9(14)8(5-7)6-16-11-10(15)12(17)13(11)18;1-2/h3-5,16H,2,6,15H2,1H3;1-2H3. The Hall–Kier alpha value is -2.17. The minimum Gasteiger partial charge on any atom is -0.394 e. The molecule has 0 amide bonds. The van der Waals surface area contributed by atoms with Crippen LogP contribution in [-0.2, 0) is 13.0 Å². The van der Waals surface area contributed by atoms with Gasteiger partial charge in [0.05, 0.1) is 0 Å². The quantitative estimate of drug-likeness (QED) is 0.841. The first kappa shape index (κ1) is 15.9. The lowest BCUT2D eigenvalue weighted by molar-refractivity contribution is 0.612. The van der Waals surface area contributed by atoms with Crippen molar-refractivity contribution < 1.29 is 4.39 Å². The van der Waals surface area contributed by atoms with Crippen molar-refractivity contribution in [2.45, 2.75) is 33.7 Å². The van der Waals surface area contributed by atoms with Gasteiger partial charge in [-0.05, 0) is 18.1 Å². The number of benzene rings is 1. The Morgan fingerprint density at radius 1 is 1.20 bits per heavy atom. The Bertz CT molecular complexity index is 658. The third kappa shape index (κ3) is 3.04. The van der Waals surface area contributed by atoms with Crippen molar-refractivity contribution in [3.63, 3.8) is 0 Å². The topological polar surface area (TPSA) is 72.2 Å². The van der Waals surface area contributed by atoms with Crippen molar-refractivity contribution in [1.82, 2.24) is 0 Å². The molecule has 0 unspecified atom stereocenters. The molecule has 0 aliphatic heterocycles. The summed E-state index contributed by atoms with van der Waals surface area (Å²) in [5.74, 6) is -0.350. The molecule has 0 aliphatic carbocycles. The summed E-state index contributed by atoms with van der Waals surface area (Å²) in [6.07, 6.45) is 0.801. The van der Waals surface area contributed by atoms with Crippen molar-refractivity contribution in [2.24, 2.45) is 0 Å². The lowest BCUT2D eigenvalue weighted by Gasteiger charge is -2.11. The number of nitrogen functional groups attached to an aromatic ring is 1. The molecule has 0 radical (unpaired) electrons. The van der Waals surface area contributed by atoms with Gasteiger partial charge in [0.1, 0.15) is 17.2 Å². The summed E-state index contributed by atoms with van der Waals surface area (Å²) < 4.78 is 13.5. The molecule has 2 aromatic rings. The normalized spacial score (nSPS) is 10.0. The zero-order valence-corrected chi connectivity index (χ0v) is 11.9. The average Bonchev–Trinajstić information content (AvgIpc) is 2.50. The fourth-order valence-electron chi connectivity index (χ4n) is 1.75. The molecule has 0 spiro atoms. The van der Waals surface area contributed by atoms with Gasteiger partial charge in [0.2, 0.25) is 0 Å². The van der Waals surface area contributed by atoms with E-state index in [1.54, 1.807) is 12.1 Å². The summed E-state index contributed by atoms with van der Waals surface area (Å²) in [6.45, 7) is 6.10. The molecule has 0 saturated carbocycles. The van der Waals surface area contributed by atoms with E-state index in [9.17, 15) is 14.0 Å². The summed E-state index contributed by atoms with van der Waals surface area (Å²) in [6, 6.07) is 4.83. The lowest BCUT2D eigenvalue weighted by Crippen LogP contribution is -2.36. The third-order valence-corrected chi connectivity index (χ3v) is 2.92.